The number of likely N-dealkylation sites (tertiary alicyclic amines) is 1. The van der Waals surface area contributed by atoms with Crippen molar-refractivity contribution >= 4 is 16.7 Å². The summed E-state index contributed by atoms with van der Waals surface area (Å²) in [7, 11) is 5.80. The minimum atomic E-state index is 0.595. The van der Waals surface area contributed by atoms with E-state index in [0.29, 0.717) is 11.9 Å². The van der Waals surface area contributed by atoms with Crippen LogP contribution in [-0.2, 0) is 13.0 Å². The quantitative estimate of drug-likeness (QED) is 0.603. The van der Waals surface area contributed by atoms with Gasteiger partial charge in [0.25, 0.3) is 0 Å². The molecule has 6 nitrogen and oxygen atoms in total. The Hall–Kier alpha value is -2.70. The first-order valence-electron chi connectivity index (χ1n) is 11.1. The van der Waals surface area contributed by atoms with Gasteiger partial charge in [0.2, 0.25) is 5.88 Å². The monoisotopic (exact) mass is 419 g/mol. The van der Waals surface area contributed by atoms with E-state index in [1.54, 1.807) is 7.11 Å². The molecule has 1 saturated heterocycles. The predicted octanol–water partition coefficient (Wildman–Crippen LogP) is 3.50. The molecule has 1 fully saturated rings. The number of anilines is 1. The number of piperidine rings is 1. The standard InChI is InChI=1S/C25H33N5O/c1-29(2)22-6-4-19(5-7-22)18-27-21-12-16-30(17-13-21)15-11-20-10-14-26-23-8-9-24(31-3)28-25(20)23/h4-10,14,21,27H,11-13,15-18H2,1-3H3. The van der Waals surface area contributed by atoms with Gasteiger partial charge in [-0.1, -0.05) is 12.1 Å². The highest BCUT2D eigenvalue weighted by Gasteiger charge is 2.19. The second-order valence-corrected chi connectivity index (χ2v) is 8.50. The van der Waals surface area contributed by atoms with E-state index in [9.17, 15) is 0 Å². The number of nitrogens with one attached hydrogen (secondary N) is 1. The lowest BCUT2D eigenvalue weighted by Crippen LogP contribution is -2.42. The molecule has 1 N–H and O–H groups in total. The molecular formula is C25H33N5O. The van der Waals surface area contributed by atoms with Crippen LogP contribution in [0.3, 0.4) is 0 Å². The Morgan fingerprint density at radius 3 is 2.55 bits per heavy atom. The number of pyridine rings is 2. The molecule has 31 heavy (non-hydrogen) atoms. The maximum atomic E-state index is 5.30. The van der Waals surface area contributed by atoms with E-state index in [1.807, 2.05) is 18.3 Å². The van der Waals surface area contributed by atoms with Gasteiger partial charge in [-0.2, -0.15) is 0 Å². The highest BCUT2D eigenvalue weighted by Crippen LogP contribution is 2.20. The van der Waals surface area contributed by atoms with Crippen molar-refractivity contribution in [2.45, 2.75) is 31.8 Å². The second-order valence-electron chi connectivity index (χ2n) is 8.50. The highest BCUT2D eigenvalue weighted by atomic mass is 16.5. The van der Waals surface area contributed by atoms with Gasteiger partial charge in [0, 0.05) is 51.2 Å². The van der Waals surface area contributed by atoms with Crippen LogP contribution >= 0.6 is 0 Å². The molecule has 0 atom stereocenters. The topological polar surface area (TPSA) is 53.5 Å². The summed E-state index contributed by atoms with van der Waals surface area (Å²) in [5.74, 6) is 0.644. The molecule has 0 unspecified atom stereocenters. The number of benzene rings is 1. The fourth-order valence-electron chi connectivity index (χ4n) is 4.19. The summed E-state index contributed by atoms with van der Waals surface area (Å²) in [6.45, 7) is 4.26. The SMILES string of the molecule is COc1ccc2nccc(CCN3CCC(NCc4ccc(N(C)C)cc4)CC3)c2n1. The van der Waals surface area contributed by atoms with Gasteiger partial charge in [-0.3, -0.25) is 4.98 Å². The van der Waals surface area contributed by atoms with Crippen LogP contribution in [0.15, 0.2) is 48.7 Å². The minimum Gasteiger partial charge on any atom is -0.481 e. The molecule has 0 bridgehead atoms. The Kier molecular flexibility index (Phi) is 6.99. The maximum absolute atomic E-state index is 5.30. The van der Waals surface area contributed by atoms with Crippen molar-refractivity contribution in [1.29, 1.82) is 0 Å². The number of fused-ring (bicyclic) bond motifs is 1. The minimum absolute atomic E-state index is 0.595. The van der Waals surface area contributed by atoms with E-state index in [4.69, 9.17) is 4.74 Å². The molecular weight excluding hydrogens is 386 g/mol. The fraction of sp³-hybridized carbons (Fsp3) is 0.440. The van der Waals surface area contributed by atoms with E-state index >= 15 is 0 Å². The third-order valence-electron chi connectivity index (χ3n) is 6.18. The maximum Gasteiger partial charge on any atom is 0.213 e. The smallest absolute Gasteiger partial charge is 0.213 e. The molecule has 1 aliphatic heterocycles. The van der Waals surface area contributed by atoms with Gasteiger partial charge in [0.05, 0.1) is 18.1 Å². The van der Waals surface area contributed by atoms with Crippen LogP contribution in [0.1, 0.15) is 24.0 Å². The molecule has 0 amide bonds. The van der Waals surface area contributed by atoms with Gasteiger partial charge in [-0.25, -0.2) is 4.98 Å². The largest absolute Gasteiger partial charge is 0.481 e. The lowest BCUT2D eigenvalue weighted by molar-refractivity contribution is 0.199. The zero-order valence-corrected chi connectivity index (χ0v) is 18.8. The predicted molar refractivity (Wildman–Crippen MR) is 127 cm³/mol. The van der Waals surface area contributed by atoms with Gasteiger partial charge >= 0.3 is 0 Å². The molecule has 1 aromatic carbocycles. The lowest BCUT2D eigenvalue weighted by atomic mass is 10.0. The molecule has 0 aliphatic carbocycles. The Bertz CT molecular complexity index is 981. The first-order valence-corrected chi connectivity index (χ1v) is 11.1. The fourth-order valence-corrected chi connectivity index (χ4v) is 4.19. The third kappa shape index (κ3) is 5.51. The number of rotatable bonds is 8. The van der Waals surface area contributed by atoms with E-state index in [2.05, 4.69) is 69.5 Å². The Labute approximate surface area is 185 Å². The third-order valence-corrected chi connectivity index (χ3v) is 6.18. The van der Waals surface area contributed by atoms with E-state index in [1.165, 1.54) is 29.7 Å². The van der Waals surface area contributed by atoms with Crippen LogP contribution < -0.4 is 15.0 Å². The van der Waals surface area contributed by atoms with E-state index in [-0.39, 0.29) is 0 Å². The second kappa shape index (κ2) is 10.1. The van der Waals surface area contributed by atoms with Crippen molar-refractivity contribution in [3.8, 4) is 5.88 Å². The lowest BCUT2D eigenvalue weighted by Gasteiger charge is -2.32. The summed E-state index contributed by atoms with van der Waals surface area (Å²) in [6.07, 6.45) is 5.25. The summed E-state index contributed by atoms with van der Waals surface area (Å²) in [6, 6.07) is 15.4. The summed E-state index contributed by atoms with van der Waals surface area (Å²) in [4.78, 5) is 13.8. The molecule has 0 spiro atoms. The number of hydrogen-bond donors (Lipinski definition) is 1. The summed E-state index contributed by atoms with van der Waals surface area (Å²) >= 11 is 0. The molecule has 164 valence electrons. The first-order chi connectivity index (χ1) is 15.1. The molecule has 6 heteroatoms. The number of methoxy groups -OCH3 is 1. The number of aromatic nitrogens is 2. The number of nitrogens with zero attached hydrogens (tertiary/aromatic N) is 4. The summed E-state index contributed by atoms with van der Waals surface area (Å²) < 4.78 is 5.30. The van der Waals surface area contributed by atoms with Crippen molar-refractivity contribution < 1.29 is 4.74 Å². The van der Waals surface area contributed by atoms with Gasteiger partial charge in [0.15, 0.2) is 0 Å². The van der Waals surface area contributed by atoms with E-state index < -0.39 is 0 Å². The van der Waals surface area contributed by atoms with Crippen LogP contribution in [-0.4, -0.2) is 61.7 Å². The average Bonchev–Trinajstić information content (AvgIpc) is 2.82. The molecule has 1 aliphatic rings. The first kappa shape index (κ1) is 21.5. The van der Waals surface area contributed by atoms with Gasteiger partial charge in [0.1, 0.15) is 0 Å². The van der Waals surface area contributed by atoms with Crippen LogP contribution in [0.25, 0.3) is 11.0 Å². The Morgan fingerprint density at radius 2 is 1.84 bits per heavy atom. The van der Waals surface area contributed by atoms with Crippen molar-refractivity contribution in [3.05, 3.63) is 59.8 Å². The molecule has 3 heterocycles. The molecule has 0 radical (unpaired) electrons. The van der Waals surface area contributed by atoms with Crippen molar-refractivity contribution in [2.75, 3.05) is 45.7 Å². The zero-order chi connectivity index (χ0) is 21.6. The van der Waals surface area contributed by atoms with Crippen LogP contribution in [0.2, 0.25) is 0 Å². The summed E-state index contributed by atoms with van der Waals surface area (Å²) in [5, 5.41) is 3.75. The number of hydrogen-bond acceptors (Lipinski definition) is 6. The normalized spacial score (nSPS) is 15.3. The molecule has 2 aromatic heterocycles. The van der Waals surface area contributed by atoms with Crippen molar-refractivity contribution in [1.82, 2.24) is 20.2 Å². The van der Waals surface area contributed by atoms with Crippen LogP contribution in [0, 0.1) is 0 Å². The van der Waals surface area contributed by atoms with Gasteiger partial charge < -0.3 is 19.9 Å². The van der Waals surface area contributed by atoms with Gasteiger partial charge in [-0.15, -0.1) is 0 Å². The summed E-state index contributed by atoms with van der Waals surface area (Å²) in [5.41, 5.74) is 5.72. The average molecular weight is 420 g/mol. The van der Waals surface area contributed by atoms with Crippen molar-refractivity contribution in [2.24, 2.45) is 0 Å². The molecule has 4 rings (SSSR count). The zero-order valence-electron chi connectivity index (χ0n) is 18.8. The molecule has 3 aromatic rings. The number of ether oxygens (including phenoxy) is 1. The van der Waals surface area contributed by atoms with E-state index in [0.717, 1.165) is 43.6 Å². The molecule has 0 saturated carbocycles. The van der Waals surface area contributed by atoms with Crippen LogP contribution in [0.5, 0.6) is 5.88 Å². The highest BCUT2D eigenvalue weighted by molar-refractivity contribution is 5.78. The van der Waals surface area contributed by atoms with Crippen LogP contribution in [0.4, 0.5) is 5.69 Å². The van der Waals surface area contributed by atoms with Gasteiger partial charge in [-0.05, 0) is 67.7 Å². The Balaban J connectivity index is 1.25. The Morgan fingerprint density at radius 1 is 1.06 bits per heavy atom. The van der Waals surface area contributed by atoms with Crippen molar-refractivity contribution in [3.63, 3.8) is 0 Å².